The van der Waals surface area contributed by atoms with E-state index in [1.54, 1.807) is 12.1 Å². The van der Waals surface area contributed by atoms with Gasteiger partial charge in [0.15, 0.2) is 0 Å². The predicted molar refractivity (Wildman–Crippen MR) is 68.3 cm³/mol. The fourth-order valence-corrected chi connectivity index (χ4v) is 2.19. The van der Waals surface area contributed by atoms with Crippen molar-refractivity contribution in [3.05, 3.63) is 22.8 Å². The van der Waals surface area contributed by atoms with Gasteiger partial charge in [-0.3, -0.25) is 0 Å². The SMILES string of the molecule is CN1CCCN(c2cc(C#N)cc(Cl)n2)CC1. The number of likely N-dealkylation sites (N-methyl/N-ethyl adjacent to an activating group) is 1. The Hall–Kier alpha value is -1.31. The number of rotatable bonds is 1. The minimum Gasteiger partial charge on any atom is -0.355 e. The minimum absolute atomic E-state index is 0.386. The van der Waals surface area contributed by atoms with Gasteiger partial charge in [-0.1, -0.05) is 11.6 Å². The van der Waals surface area contributed by atoms with Crippen LogP contribution in [0.15, 0.2) is 12.1 Å². The summed E-state index contributed by atoms with van der Waals surface area (Å²) < 4.78 is 0. The Bertz CT molecular complexity index is 441. The lowest BCUT2D eigenvalue weighted by Crippen LogP contribution is -2.29. The number of hydrogen-bond donors (Lipinski definition) is 0. The fraction of sp³-hybridized carbons (Fsp3) is 0.500. The number of nitriles is 1. The standard InChI is InChI=1S/C12H15ClN4/c1-16-3-2-4-17(6-5-16)12-8-10(9-14)7-11(13)15-12/h7-8H,2-6H2,1H3. The van der Waals surface area contributed by atoms with Crippen molar-refractivity contribution in [2.24, 2.45) is 0 Å². The van der Waals surface area contributed by atoms with Crippen LogP contribution in [-0.2, 0) is 0 Å². The number of aromatic nitrogens is 1. The van der Waals surface area contributed by atoms with Crippen LogP contribution in [0.3, 0.4) is 0 Å². The van der Waals surface area contributed by atoms with E-state index in [1.165, 1.54) is 0 Å². The highest BCUT2D eigenvalue weighted by molar-refractivity contribution is 6.29. The van der Waals surface area contributed by atoms with Crippen molar-refractivity contribution in [1.82, 2.24) is 9.88 Å². The Balaban J connectivity index is 2.21. The fourth-order valence-electron chi connectivity index (χ4n) is 1.99. The molecule has 1 aliphatic rings. The summed E-state index contributed by atoms with van der Waals surface area (Å²) in [5.41, 5.74) is 0.567. The van der Waals surface area contributed by atoms with Crippen LogP contribution < -0.4 is 4.90 Å². The number of pyridine rings is 1. The molecule has 5 heteroatoms. The largest absolute Gasteiger partial charge is 0.355 e. The second-order valence-corrected chi connectivity index (χ2v) is 4.68. The molecule has 0 aliphatic carbocycles. The zero-order chi connectivity index (χ0) is 12.3. The molecule has 2 rings (SSSR count). The van der Waals surface area contributed by atoms with E-state index in [9.17, 15) is 0 Å². The van der Waals surface area contributed by atoms with Gasteiger partial charge in [0.1, 0.15) is 11.0 Å². The molecule has 17 heavy (non-hydrogen) atoms. The van der Waals surface area contributed by atoms with Gasteiger partial charge in [-0.25, -0.2) is 4.98 Å². The molecule has 0 N–H and O–H groups in total. The second kappa shape index (κ2) is 5.35. The molecule has 0 spiro atoms. The molecule has 0 bridgehead atoms. The molecule has 0 saturated carbocycles. The Morgan fingerprint density at radius 2 is 2.12 bits per heavy atom. The molecule has 2 heterocycles. The number of anilines is 1. The first kappa shape index (κ1) is 12.2. The van der Waals surface area contributed by atoms with E-state index in [0.29, 0.717) is 10.7 Å². The molecular weight excluding hydrogens is 236 g/mol. The van der Waals surface area contributed by atoms with E-state index in [4.69, 9.17) is 16.9 Å². The molecule has 4 nitrogen and oxygen atoms in total. The lowest BCUT2D eigenvalue weighted by molar-refractivity contribution is 0.360. The summed E-state index contributed by atoms with van der Waals surface area (Å²) >= 11 is 5.92. The zero-order valence-electron chi connectivity index (χ0n) is 9.86. The second-order valence-electron chi connectivity index (χ2n) is 4.29. The van der Waals surface area contributed by atoms with Crippen molar-refractivity contribution < 1.29 is 0 Å². The van der Waals surface area contributed by atoms with Gasteiger partial charge in [0, 0.05) is 19.6 Å². The van der Waals surface area contributed by atoms with E-state index in [1.807, 2.05) is 0 Å². The smallest absolute Gasteiger partial charge is 0.132 e. The summed E-state index contributed by atoms with van der Waals surface area (Å²) in [5, 5.41) is 9.31. The van der Waals surface area contributed by atoms with Crippen molar-refractivity contribution in [2.45, 2.75) is 6.42 Å². The molecule has 0 unspecified atom stereocenters. The average molecular weight is 251 g/mol. The molecule has 1 aromatic heterocycles. The van der Waals surface area contributed by atoms with E-state index >= 15 is 0 Å². The summed E-state index contributed by atoms with van der Waals surface area (Å²) in [7, 11) is 2.12. The Morgan fingerprint density at radius 3 is 2.88 bits per heavy atom. The quantitative estimate of drug-likeness (QED) is 0.713. The molecule has 1 aromatic rings. The van der Waals surface area contributed by atoms with Gasteiger partial charge < -0.3 is 9.80 Å². The third-order valence-corrected chi connectivity index (χ3v) is 3.15. The van der Waals surface area contributed by atoms with E-state index in [0.717, 1.165) is 38.4 Å². The lowest BCUT2D eigenvalue weighted by atomic mass is 10.2. The maximum absolute atomic E-state index is 8.92. The molecule has 1 fully saturated rings. The third-order valence-electron chi connectivity index (χ3n) is 2.95. The van der Waals surface area contributed by atoms with Gasteiger partial charge >= 0.3 is 0 Å². The van der Waals surface area contributed by atoms with Crippen LogP contribution in [0.2, 0.25) is 5.15 Å². The van der Waals surface area contributed by atoms with Crippen molar-refractivity contribution in [2.75, 3.05) is 38.1 Å². The van der Waals surface area contributed by atoms with E-state index in [-0.39, 0.29) is 0 Å². The van der Waals surface area contributed by atoms with E-state index < -0.39 is 0 Å². The van der Waals surface area contributed by atoms with E-state index in [2.05, 4.69) is 27.9 Å². The van der Waals surface area contributed by atoms with Crippen molar-refractivity contribution in [3.63, 3.8) is 0 Å². The van der Waals surface area contributed by atoms with Gasteiger partial charge in [-0.15, -0.1) is 0 Å². The molecule has 0 radical (unpaired) electrons. The van der Waals surface area contributed by atoms with Gasteiger partial charge in [0.25, 0.3) is 0 Å². The molecular formula is C12H15ClN4. The minimum atomic E-state index is 0.386. The molecule has 0 aromatic carbocycles. The normalized spacial score (nSPS) is 17.6. The van der Waals surface area contributed by atoms with Crippen LogP contribution in [0.1, 0.15) is 12.0 Å². The molecule has 90 valence electrons. The summed E-state index contributed by atoms with van der Waals surface area (Å²) in [4.78, 5) is 8.79. The van der Waals surface area contributed by atoms with Gasteiger partial charge in [0.2, 0.25) is 0 Å². The summed E-state index contributed by atoms with van der Waals surface area (Å²) in [6.07, 6.45) is 1.10. The summed E-state index contributed by atoms with van der Waals surface area (Å²) in [6.45, 7) is 4.00. The Morgan fingerprint density at radius 1 is 1.29 bits per heavy atom. The molecule has 0 amide bonds. The number of nitrogens with zero attached hydrogens (tertiary/aromatic N) is 4. The van der Waals surface area contributed by atoms with Crippen molar-refractivity contribution >= 4 is 17.4 Å². The van der Waals surface area contributed by atoms with Crippen molar-refractivity contribution in [3.8, 4) is 6.07 Å². The van der Waals surface area contributed by atoms with Crippen LogP contribution in [-0.4, -0.2) is 43.1 Å². The zero-order valence-corrected chi connectivity index (χ0v) is 10.6. The van der Waals surface area contributed by atoms with Crippen molar-refractivity contribution in [1.29, 1.82) is 5.26 Å². The van der Waals surface area contributed by atoms with Gasteiger partial charge in [-0.2, -0.15) is 5.26 Å². The van der Waals surface area contributed by atoms with Crippen LogP contribution in [0.25, 0.3) is 0 Å². The first-order chi connectivity index (χ1) is 8.19. The number of hydrogen-bond acceptors (Lipinski definition) is 4. The van der Waals surface area contributed by atoms with Crippen LogP contribution in [0.4, 0.5) is 5.82 Å². The highest BCUT2D eigenvalue weighted by Gasteiger charge is 2.14. The first-order valence-corrected chi connectivity index (χ1v) is 6.08. The monoisotopic (exact) mass is 250 g/mol. The van der Waals surface area contributed by atoms with Crippen LogP contribution in [0.5, 0.6) is 0 Å². The molecule has 1 aliphatic heterocycles. The maximum atomic E-state index is 8.92. The third kappa shape index (κ3) is 3.09. The number of halogens is 1. The predicted octanol–water partition coefficient (Wildman–Crippen LogP) is 1.75. The van der Waals surface area contributed by atoms with Crippen LogP contribution in [0, 0.1) is 11.3 Å². The lowest BCUT2D eigenvalue weighted by Gasteiger charge is -2.21. The average Bonchev–Trinajstić information content (AvgIpc) is 2.53. The van der Waals surface area contributed by atoms with Gasteiger partial charge in [-0.05, 0) is 32.1 Å². The topological polar surface area (TPSA) is 43.2 Å². The Labute approximate surface area is 106 Å². The summed E-state index contributed by atoms with van der Waals surface area (Å²) in [6, 6.07) is 5.51. The highest BCUT2D eigenvalue weighted by Crippen LogP contribution is 2.19. The highest BCUT2D eigenvalue weighted by atomic mass is 35.5. The Kier molecular flexibility index (Phi) is 3.82. The molecule has 1 saturated heterocycles. The summed E-state index contributed by atoms with van der Waals surface area (Å²) in [5.74, 6) is 0.810. The first-order valence-electron chi connectivity index (χ1n) is 5.70. The molecule has 0 atom stereocenters. The van der Waals surface area contributed by atoms with Gasteiger partial charge in [0.05, 0.1) is 11.6 Å². The maximum Gasteiger partial charge on any atom is 0.132 e. The van der Waals surface area contributed by atoms with Crippen LogP contribution >= 0.6 is 11.6 Å².